The number of hydrogen-bond acceptors (Lipinski definition) is 14. The van der Waals surface area contributed by atoms with E-state index in [1.165, 1.54) is 26.0 Å². The number of nitrogens with one attached hydrogen (secondary N) is 1. The van der Waals surface area contributed by atoms with E-state index in [-0.39, 0.29) is 50.3 Å². The number of esters is 1. The second-order valence-corrected chi connectivity index (χ2v) is 21.9. The van der Waals surface area contributed by atoms with Gasteiger partial charge in [-0.25, -0.2) is 8.78 Å². The van der Waals surface area contributed by atoms with E-state index in [9.17, 15) is 39.9 Å². The van der Waals surface area contributed by atoms with E-state index < -0.39 is 137 Å². The van der Waals surface area contributed by atoms with Gasteiger partial charge in [0, 0.05) is 41.8 Å². The molecule has 4 unspecified atom stereocenters. The highest BCUT2D eigenvalue weighted by molar-refractivity contribution is 6.01. The van der Waals surface area contributed by atoms with E-state index in [0.29, 0.717) is 32.4 Å². The Morgan fingerprint density at radius 3 is 2.36 bits per heavy atom. The number of hydrogen-bond donors (Lipinski definition) is 6. The van der Waals surface area contributed by atoms with Gasteiger partial charge in [0.2, 0.25) is 0 Å². The van der Waals surface area contributed by atoms with Crippen LogP contribution in [0.25, 0.3) is 0 Å². The van der Waals surface area contributed by atoms with Crippen molar-refractivity contribution in [2.24, 2.45) is 34.5 Å². The largest absolute Gasteiger partial charge is 0.459 e. The first-order valence-corrected chi connectivity index (χ1v) is 25.0. The van der Waals surface area contributed by atoms with Gasteiger partial charge in [0.25, 0.3) is 5.91 Å². The van der Waals surface area contributed by atoms with Crippen LogP contribution in [0.5, 0.6) is 0 Å². The number of nitrogens with zero attached hydrogens (tertiary/aromatic N) is 1. The summed E-state index contributed by atoms with van der Waals surface area (Å²) in [6.45, 7) is 16.2. The first kappa shape index (κ1) is 52.4. The van der Waals surface area contributed by atoms with Crippen LogP contribution < -0.4 is 5.32 Å². The zero-order valence-electron chi connectivity index (χ0n) is 40.9. The monoisotopic (exact) mass is 953 g/mol. The lowest BCUT2D eigenvalue weighted by molar-refractivity contribution is -0.249. The number of alkyl halides is 2. The summed E-state index contributed by atoms with van der Waals surface area (Å²) in [4.78, 5) is 42.6. The minimum absolute atomic E-state index is 0.0159. The number of rotatable bonds is 8. The summed E-state index contributed by atoms with van der Waals surface area (Å²) in [7, 11) is 0. The van der Waals surface area contributed by atoms with Gasteiger partial charge in [0.1, 0.15) is 18.4 Å². The second kappa shape index (κ2) is 19.6. The number of amides is 1. The first-order valence-electron chi connectivity index (χ1n) is 25.0. The average molecular weight is 953 g/mol. The fourth-order valence-electron chi connectivity index (χ4n) is 13.5. The van der Waals surface area contributed by atoms with Crippen LogP contribution >= 0.6 is 0 Å². The molecule has 0 aromatic rings. The quantitative estimate of drug-likeness (QED) is 0.149. The molecule has 3 aliphatic heterocycles. The Morgan fingerprint density at radius 1 is 0.955 bits per heavy atom. The molecule has 3 saturated carbocycles. The molecular weight excluding hydrogens is 875 g/mol. The lowest BCUT2D eigenvalue weighted by Crippen LogP contribution is -2.71. The fourth-order valence-corrected chi connectivity index (χ4v) is 13.5. The molecular formula is C50H78F2N2O13. The summed E-state index contributed by atoms with van der Waals surface area (Å²) in [5, 5.41) is 61.3. The number of fused-ring (bicyclic) bond motifs is 7. The maximum Gasteiger partial charge on any atom is 0.311 e. The van der Waals surface area contributed by atoms with Gasteiger partial charge in [-0.3, -0.25) is 19.3 Å². The predicted octanol–water partition coefficient (Wildman–Crippen LogP) is 4.13. The van der Waals surface area contributed by atoms with Crippen LogP contribution in [0, 0.1) is 34.5 Å². The Hall–Kier alpha value is -2.45. The van der Waals surface area contributed by atoms with Crippen molar-refractivity contribution in [2.45, 2.75) is 217 Å². The van der Waals surface area contributed by atoms with Gasteiger partial charge in [-0.2, -0.15) is 0 Å². The van der Waals surface area contributed by atoms with Gasteiger partial charge >= 0.3 is 5.97 Å². The molecule has 7 rings (SSSR count). The fraction of sp³-hybridized carbons (Fsp3) is 0.860. The standard InChI is InChI=1S/C50H78F2N2O13/c1-10-36-42(60)41(59)29(5)54(20-12-15-35(56)43(65-39-16-11-14-26(2)63-39)27(3)40(58)28(4)44(61)64-36)21-13-19-53-45(62)50-38(66-46(6,7)67-50)24-31-32-23-34(51)33-22-30(55)17-18-47(33,8)49(32,52)37(57)25-48(31,50)9/h17-18,22,26-29,31-32,34-43,56-60H,10-16,19-21,23-25H2,1-9H3,(H,53,62)/t26-,27+,28-,29-,31?,32?,34+,35-,36-,37+,38-,39+,40?,41-,42-,43?,47+,48+,49+,50+/m1/s1. The molecule has 17 heteroatoms. The number of ether oxygens (including phenoxy) is 5. The summed E-state index contributed by atoms with van der Waals surface area (Å²) in [5.41, 5.74) is -6.78. The molecule has 7 aliphatic rings. The van der Waals surface area contributed by atoms with Crippen LogP contribution in [0.4, 0.5) is 8.78 Å². The smallest absolute Gasteiger partial charge is 0.311 e. The molecule has 0 radical (unpaired) electrons. The lowest BCUT2D eigenvalue weighted by Gasteiger charge is -2.63. The van der Waals surface area contributed by atoms with Crippen molar-refractivity contribution in [3.8, 4) is 0 Å². The van der Waals surface area contributed by atoms with Crippen LogP contribution in [-0.4, -0.2) is 158 Å². The highest BCUT2D eigenvalue weighted by Gasteiger charge is 2.81. The summed E-state index contributed by atoms with van der Waals surface area (Å²) in [6, 6.07) is -0.689. The van der Waals surface area contributed by atoms with Crippen LogP contribution in [0.3, 0.4) is 0 Å². The van der Waals surface area contributed by atoms with Crippen molar-refractivity contribution in [1.82, 2.24) is 10.2 Å². The van der Waals surface area contributed by atoms with E-state index in [1.807, 2.05) is 11.8 Å². The normalized spacial score (nSPS) is 48.4. The first-order chi connectivity index (χ1) is 31.4. The van der Waals surface area contributed by atoms with Crippen LogP contribution in [-0.2, 0) is 38.1 Å². The Morgan fingerprint density at radius 2 is 1.67 bits per heavy atom. The van der Waals surface area contributed by atoms with Crippen molar-refractivity contribution in [3.05, 3.63) is 23.8 Å². The molecule has 4 aliphatic carbocycles. The summed E-state index contributed by atoms with van der Waals surface area (Å²) in [6.07, 6.45) is -4.92. The van der Waals surface area contributed by atoms with Gasteiger partial charge in [-0.15, -0.1) is 0 Å². The topological polar surface area (TPSA) is 214 Å². The minimum Gasteiger partial charge on any atom is -0.459 e. The van der Waals surface area contributed by atoms with Gasteiger partial charge in [-0.05, 0) is 136 Å². The van der Waals surface area contributed by atoms with Gasteiger partial charge in [0.05, 0.1) is 48.6 Å². The molecule has 3 heterocycles. The maximum atomic E-state index is 18.0. The third-order valence-corrected chi connectivity index (χ3v) is 17.3. The number of halogens is 2. The lowest BCUT2D eigenvalue weighted by atomic mass is 9.44. The minimum atomic E-state index is -2.34. The van der Waals surface area contributed by atoms with Gasteiger partial charge in [0.15, 0.2) is 29.1 Å². The Balaban J connectivity index is 1.09. The molecule has 3 saturated heterocycles. The zero-order valence-corrected chi connectivity index (χ0v) is 40.9. The average Bonchev–Trinajstić information content (AvgIpc) is 3.69. The van der Waals surface area contributed by atoms with Crippen LogP contribution in [0.2, 0.25) is 0 Å². The molecule has 0 spiro atoms. The second-order valence-electron chi connectivity index (χ2n) is 21.9. The molecule has 6 N–H and O–H groups in total. The Kier molecular flexibility index (Phi) is 15.3. The van der Waals surface area contributed by atoms with Gasteiger partial charge in [-0.1, -0.05) is 26.8 Å². The van der Waals surface area contributed by atoms with Crippen molar-refractivity contribution in [1.29, 1.82) is 0 Å². The van der Waals surface area contributed by atoms with Crippen LogP contribution in [0.1, 0.15) is 127 Å². The molecule has 0 aromatic carbocycles. The summed E-state index contributed by atoms with van der Waals surface area (Å²) < 4.78 is 65.4. The molecule has 67 heavy (non-hydrogen) atoms. The number of cyclic esters (lactones) is 1. The van der Waals surface area contributed by atoms with Crippen LogP contribution in [0.15, 0.2) is 23.8 Å². The number of allylic oxidation sites excluding steroid dienone is 4. The Labute approximate surface area is 394 Å². The van der Waals surface area contributed by atoms with Crippen molar-refractivity contribution >= 4 is 17.7 Å². The van der Waals surface area contributed by atoms with Crippen molar-refractivity contribution < 1.29 is 72.4 Å². The Bertz CT molecular complexity index is 1890. The van der Waals surface area contributed by atoms with Crippen molar-refractivity contribution in [2.75, 3.05) is 19.6 Å². The number of carbonyl (C=O) groups is 3. The number of ketones is 1. The van der Waals surface area contributed by atoms with E-state index >= 15 is 8.78 Å². The molecule has 15 nitrogen and oxygen atoms in total. The van der Waals surface area contributed by atoms with E-state index in [1.54, 1.807) is 41.5 Å². The highest BCUT2D eigenvalue weighted by Crippen LogP contribution is 2.72. The highest BCUT2D eigenvalue weighted by atomic mass is 19.1. The molecule has 1 amide bonds. The number of aliphatic hydroxyl groups excluding tert-OH is 5. The number of aliphatic hydroxyl groups is 5. The zero-order chi connectivity index (χ0) is 49.2. The molecule has 6 fully saturated rings. The summed E-state index contributed by atoms with van der Waals surface area (Å²) in [5.74, 6) is -6.34. The van der Waals surface area contributed by atoms with Crippen molar-refractivity contribution in [3.63, 3.8) is 0 Å². The van der Waals surface area contributed by atoms with E-state index in [0.717, 1.165) is 18.9 Å². The third kappa shape index (κ3) is 9.11. The molecule has 0 bridgehead atoms. The van der Waals surface area contributed by atoms with E-state index in [2.05, 4.69) is 5.32 Å². The SMILES string of the molecule is CC[C@H]1OC(=O)[C@H](C)C(O)[C@H](C)C(O[C@H]2CCC[C@@H](C)O2)[C@H](O)CCCN(CCCNC(=O)[C@@]23OC(C)(C)O[C@@H]2CC2C4C[C@H](F)C5=CC(=O)C=C[C@]5(C)[C@@]4(F)[C@@H](O)C[C@@]23C)[C@H](C)[C@@H](O)[C@@H]1O. The maximum absolute atomic E-state index is 18.0. The van der Waals surface area contributed by atoms with Gasteiger partial charge < -0.3 is 54.5 Å². The summed E-state index contributed by atoms with van der Waals surface area (Å²) >= 11 is 0. The number of carbonyl (C=O) groups excluding carboxylic acids is 3. The molecule has 380 valence electrons. The van der Waals surface area contributed by atoms with E-state index in [4.69, 9.17) is 23.7 Å². The molecule has 0 aromatic heterocycles. The molecule has 20 atom stereocenters. The third-order valence-electron chi connectivity index (χ3n) is 17.3. The predicted molar refractivity (Wildman–Crippen MR) is 240 cm³/mol.